The Hall–Kier alpha value is -1.78. The van der Waals surface area contributed by atoms with Crippen LogP contribution in [-0.2, 0) is 23.8 Å². The van der Waals surface area contributed by atoms with Crippen LogP contribution in [0.25, 0.3) is 0 Å². The summed E-state index contributed by atoms with van der Waals surface area (Å²) in [6.07, 6.45) is -2.60. The lowest BCUT2D eigenvalue weighted by atomic mass is 9.98. The van der Waals surface area contributed by atoms with Gasteiger partial charge in [0.25, 0.3) is 5.91 Å². The predicted molar refractivity (Wildman–Crippen MR) is 94.6 cm³/mol. The Morgan fingerprint density at radius 1 is 0.929 bits per heavy atom. The molecule has 5 atom stereocenters. The Labute approximate surface area is 163 Å². The lowest BCUT2D eigenvalue weighted by Gasteiger charge is -2.37. The van der Waals surface area contributed by atoms with Gasteiger partial charge in [0.15, 0.2) is 12.4 Å². The molecular weight excluding hydrogens is 376 g/mol. The van der Waals surface area contributed by atoms with Gasteiger partial charge in [-0.1, -0.05) is 0 Å². The fraction of sp³-hybridized carbons (Fsp3) is 0.765. The summed E-state index contributed by atoms with van der Waals surface area (Å²) >= 11 is 0. The molecule has 1 aliphatic heterocycles. The number of amides is 2. The van der Waals surface area contributed by atoms with Crippen molar-refractivity contribution in [3.63, 3.8) is 0 Å². The minimum Gasteiger partial charge on any atom is -0.387 e. The zero-order valence-corrected chi connectivity index (χ0v) is 15.5. The maximum atomic E-state index is 11.9. The minimum absolute atomic E-state index is 0.103. The van der Waals surface area contributed by atoms with E-state index in [1.807, 2.05) is 0 Å². The molecule has 0 saturated carbocycles. The van der Waals surface area contributed by atoms with E-state index in [4.69, 9.17) is 20.6 Å². The van der Waals surface area contributed by atoms with E-state index in [-0.39, 0.29) is 32.1 Å². The first-order valence-electron chi connectivity index (χ1n) is 8.89. The molecule has 2 amide bonds. The molecule has 0 radical (unpaired) electrons. The number of nitrogens with one attached hydrogen (secondary N) is 2. The van der Waals surface area contributed by atoms with Crippen molar-refractivity contribution < 1.29 is 44.2 Å². The molecule has 1 heterocycles. The zero-order valence-electron chi connectivity index (χ0n) is 15.5. The van der Waals surface area contributed by atoms with Crippen molar-refractivity contribution in [2.45, 2.75) is 43.5 Å². The molecule has 1 rings (SSSR count). The molecule has 1 saturated heterocycles. The van der Waals surface area contributed by atoms with E-state index >= 15 is 0 Å². The molecule has 0 aromatic carbocycles. The average Bonchev–Trinajstić information content (AvgIpc) is 2.68. The number of rotatable bonds is 12. The number of hydrogen-bond donors (Lipinski definition) is 6. The van der Waals surface area contributed by atoms with Crippen LogP contribution in [0, 0.1) is 12.3 Å². The topological polar surface area (TPSA) is 167 Å². The summed E-state index contributed by atoms with van der Waals surface area (Å²) in [6, 6.07) is 0. The standard InChI is InChI=1S/C17H28N2O9/c1-2-3-4-11(20)18-5-7-26-9-10-27-8-6-19-16(24)15-13(22)12(21)14(23)17(25)28-15/h1,12-15,17,21-23,25H,3-10H2,(H,18,20)(H,19,24)/t12-,13-,14+,15?,17?/m0/s1. The van der Waals surface area contributed by atoms with Crippen LogP contribution in [0.4, 0.5) is 0 Å². The molecular formula is C17H28N2O9. The number of aliphatic hydroxyl groups excluding tert-OH is 4. The minimum atomic E-state index is -1.77. The van der Waals surface area contributed by atoms with Crippen molar-refractivity contribution in [3.8, 4) is 12.3 Å². The summed E-state index contributed by atoms with van der Waals surface area (Å²) in [7, 11) is 0. The van der Waals surface area contributed by atoms with Crippen LogP contribution in [0.15, 0.2) is 0 Å². The monoisotopic (exact) mass is 404 g/mol. The first kappa shape index (κ1) is 24.3. The van der Waals surface area contributed by atoms with Gasteiger partial charge < -0.3 is 45.3 Å². The van der Waals surface area contributed by atoms with Crippen molar-refractivity contribution in [1.29, 1.82) is 0 Å². The largest absolute Gasteiger partial charge is 0.387 e. The fourth-order valence-corrected chi connectivity index (χ4v) is 2.28. The third kappa shape index (κ3) is 8.49. The van der Waals surface area contributed by atoms with Crippen LogP contribution in [-0.4, -0.2) is 102 Å². The van der Waals surface area contributed by atoms with Crippen molar-refractivity contribution in [1.82, 2.24) is 10.6 Å². The molecule has 1 aliphatic rings. The molecule has 160 valence electrons. The first-order chi connectivity index (χ1) is 13.4. The summed E-state index contributed by atoms with van der Waals surface area (Å²) in [4.78, 5) is 23.2. The Morgan fingerprint density at radius 2 is 1.54 bits per heavy atom. The highest BCUT2D eigenvalue weighted by Gasteiger charge is 2.46. The number of aliphatic hydroxyl groups is 4. The zero-order chi connectivity index (χ0) is 20.9. The second kappa shape index (κ2) is 13.4. The molecule has 28 heavy (non-hydrogen) atoms. The molecule has 6 N–H and O–H groups in total. The van der Waals surface area contributed by atoms with Gasteiger partial charge in [0.2, 0.25) is 5.91 Å². The highest BCUT2D eigenvalue weighted by Crippen LogP contribution is 2.19. The summed E-state index contributed by atoms with van der Waals surface area (Å²) in [5, 5.41) is 43.1. The lowest BCUT2D eigenvalue weighted by Crippen LogP contribution is -2.61. The smallest absolute Gasteiger partial charge is 0.252 e. The molecule has 11 heteroatoms. The van der Waals surface area contributed by atoms with E-state index in [0.717, 1.165) is 0 Å². The molecule has 0 bridgehead atoms. The molecule has 0 spiro atoms. The van der Waals surface area contributed by atoms with Crippen LogP contribution in [0.3, 0.4) is 0 Å². The Balaban J connectivity index is 2.02. The highest BCUT2D eigenvalue weighted by molar-refractivity contribution is 5.81. The molecule has 0 aromatic heterocycles. The normalized spacial score (nSPS) is 27.0. The Bertz CT molecular complexity index is 525. The Kier molecular flexibility index (Phi) is 11.6. The van der Waals surface area contributed by atoms with Crippen LogP contribution >= 0.6 is 0 Å². The lowest BCUT2D eigenvalue weighted by molar-refractivity contribution is -0.275. The summed E-state index contributed by atoms with van der Waals surface area (Å²) in [6.45, 7) is 1.53. The summed E-state index contributed by atoms with van der Waals surface area (Å²) < 4.78 is 15.3. The van der Waals surface area contributed by atoms with E-state index in [9.17, 15) is 30.0 Å². The second-order valence-electron chi connectivity index (χ2n) is 5.99. The second-order valence-corrected chi connectivity index (χ2v) is 5.99. The van der Waals surface area contributed by atoms with Gasteiger partial charge in [0.05, 0.1) is 26.4 Å². The Morgan fingerprint density at radius 3 is 2.14 bits per heavy atom. The third-order valence-corrected chi connectivity index (χ3v) is 3.83. The molecule has 0 aromatic rings. The van der Waals surface area contributed by atoms with Gasteiger partial charge in [-0.05, 0) is 0 Å². The van der Waals surface area contributed by atoms with E-state index in [1.165, 1.54) is 0 Å². The van der Waals surface area contributed by atoms with Gasteiger partial charge in [0, 0.05) is 25.9 Å². The summed E-state index contributed by atoms with van der Waals surface area (Å²) in [5.74, 6) is 1.50. The number of carbonyl (C=O) groups is 2. The van der Waals surface area contributed by atoms with Gasteiger partial charge in [-0.2, -0.15) is 0 Å². The van der Waals surface area contributed by atoms with E-state index < -0.39 is 36.6 Å². The van der Waals surface area contributed by atoms with Crippen molar-refractivity contribution >= 4 is 11.8 Å². The number of hydrogen-bond acceptors (Lipinski definition) is 9. The van der Waals surface area contributed by atoms with Crippen molar-refractivity contribution in [2.24, 2.45) is 0 Å². The SMILES string of the molecule is C#CCCC(=O)NCCOCCOCCNC(=O)C1OC(O)[C@H](O)[C@@H](O)[C@@H]1O. The predicted octanol–water partition coefficient (Wildman–Crippen LogP) is -3.53. The molecule has 0 aliphatic carbocycles. The van der Waals surface area contributed by atoms with Gasteiger partial charge in [-0.25, -0.2) is 0 Å². The highest BCUT2D eigenvalue weighted by atomic mass is 16.6. The van der Waals surface area contributed by atoms with Crippen LogP contribution in [0.5, 0.6) is 0 Å². The third-order valence-electron chi connectivity index (χ3n) is 3.83. The van der Waals surface area contributed by atoms with Crippen LogP contribution < -0.4 is 10.6 Å². The first-order valence-corrected chi connectivity index (χ1v) is 8.89. The van der Waals surface area contributed by atoms with E-state index in [2.05, 4.69) is 16.6 Å². The van der Waals surface area contributed by atoms with Gasteiger partial charge in [-0.3, -0.25) is 9.59 Å². The summed E-state index contributed by atoms with van der Waals surface area (Å²) in [5.41, 5.74) is 0. The maximum Gasteiger partial charge on any atom is 0.252 e. The van der Waals surface area contributed by atoms with Crippen molar-refractivity contribution in [3.05, 3.63) is 0 Å². The van der Waals surface area contributed by atoms with Crippen molar-refractivity contribution in [2.75, 3.05) is 39.5 Å². The van der Waals surface area contributed by atoms with Gasteiger partial charge in [0.1, 0.15) is 18.3 Å². The molecule has 1 fully saturated rings. The van der Waals surface area contributed by atoms with E-state index in [1.54, 1.807) is 0 Å². The van der Waals surface area contributed by atoms with Gasteiger partial charge in [-0.15, -0.1) is 12.3 Å². The van der Waals surface area contributed by atoms with E-state index in [0.29, 0.717) is 26.2 Å². The van der Waals surface area contributed by atoms with Crippen LogP contribution in [0.1, 0.15) is 12.8 Å². The maximum absolute atomic E-state index is 11.9. The number of carbonyl (C=O) groups excluding carboxylic acids is 2. The molecule has 2 unspecified atom stereocenters. The quantitative estimate of drug-likeness (QED) is 0.143. The molecule has 11 nitrogen and oxygen atoms in total. The number of terminal acetylenes is 1. The average molecular weight is 404 g/mol. The fourth-order valence-electron chi connectivity index (χ4n) is 2.28. The van der Waals surface area contributed by atoms with Crippen LogP contribution in [0.2, 0.25) is 0 Å². The number of ether oxygens (including phenoxy) is 3. The van der Waals surface area contributed by atoms with Gasteiger partial charge >= 0.3 is 0 Å².